The average molecular weight is 457 g/mol. The van der Waals surface area contributed by atoms with Crippen LogP contribution in [-0.4, -0.2) is 46.0 Å². The molecule has 0 bridgehead atoms. The summed E-state index contributed by atoms with van der Waals surface area (Å²) in [4.78, 5) is 15.7. The Bertz CT molecular complexity index is 1170. The van der Waals surface area contributed by atoms with Crippen molar-refractivity contribution in [1.29, 1.82) is 0 Å². The van der Waals surface area contributed by atoms with Gasteiger partial charge >= 0.3 is 0 Å². The molecule has 32 heavy (non-hydrogen) atoms. The normalized spacial score (nSPS) is 21.4. The van der Waals surface area contributed by atoms with E-state index in [0.29, 0.717) is 25.3 Å². The molecule has 7 nitrogen and oxygen atoms in total. The number of carbonyl (C=O) groups excluding carboxylic acids is 1. The standard InChI is InChI=1S/C24H28N2O5S/c1-16-19-13-21-22(31-11-10-30-21)14-20(19)24(8-3-4-9-24)15-26(16)23(27)17-6-5-7-18(12-17)32(28,29)25-2/h5-7,12-14,16,25H,3-4,8-11,15H2,1-2H3/t16-/m0/s1. The van der Waals surface area contributed by atoms with E-state index in [-0.39, 0.29) is 22.3 Å². The predicted octanol–water partition coefficient (Wildman–Crippen LogP) is 3.39. The van der Waals surface area contributed by atoms with Gasteiger partial charge in [0.2, 0.25) is 10.0 Å². The third-order valence-corrected chi connectivity index (χ3v) is 8.57. The lowest BCUT2D eigenvalue weighted by molar-refractivity contribution is 0.0593. The van der Waals surface area contributed by atoms with Crippen molar-refractivity contribution >= 4 is 15.9 Å². The monoisotopic (exact) mass is 456 g/mol. The van der Waals surface area contributed by atoms with E-state index in [9.17, 15) is 13.2 Å². The fraction of sp³-hybridized carbons (Fsp3) is 0.458. The summed E-state index contributed by atoms with van der Waals surface area (Å²) < 4.78 is 38.5. The number of ether oxygens (including phenoxy) is 2. The van der Waals surface area contributed by atoms with Crippen LogP contribution in [0.4, 0.5) is 0 Å². The van der Waals surface area contributed by atoms with Crippen LogP contribution in [-0.2, 0) is 15.4 Å². The number of rotatable bonds is 3. The first-order chi connectivity index (χ1) is 15.3. The molecule has 2 aromatic rings. The van der Waals surface area contributed by atoms with Crippen LogP contribution >= 0.6 is 0 Å². The van der Waals surface area contributed by atoms with Crippen LogP contribution in [0.1, 0.15) is 60.1 Å². The van der Waals surface area contributed by atoms with E-state index in [2.05, 4.69) is 10.8 Å². The van der Waals surface area contributed by atoms with Gasteiger partial charge in [-0.15, -0.1) is 0 Å². The molecular weight excluding hydrogens is 428 g/mol. The molecule has 0 saturated heterocycles. The highest BCUT2D eigenvalue weighted by Gasteiger charge is 2.46. The van der Waals surface area contributed by atoms with Crippen molar-refractivity contribution in [3.05, 3.63) is 53.1 Å². The van der Waals surface area contributed by atoms with E-state index in [1.54, 1.807) is 12.1 Å². The number of amides is 1. The Labute approximate surface area is 188 Å². The second-order valence-corrected chi connectivity index (χ2v) is 10.8. The van der Waals surface area contributed by atoms with Gasteiger partial charge in [-0.3, -0.25) is 4.79 Å². The molecule has 2 aromatic carbocycles. The van der Waals surface area contributed by atoms with E-state index in [1.807, 2.05) is 17.9 Å². The topological polar surface area (TPSA) is 84.9 Å². The van der Waals surface area contributed by atoms with Crippen LogP contribution in [0.3, 0.4) is 0 Å². The zero-order valence-corrected chi connectivity index (χ0v) is 19.2. The average Bonchev–Trinajstić information content (AvgIpc) is 3.29. The van der Waals surface area contributed by atoms with Crippen LogP contribution < -0.4 is 14.2 Å². The zero-order chi connectivity index (χ0) is 22.5. The molecule has 2 heterocycles. The van der Waals surface area contributed by atoms with Gasteiger partial charge in [0.1, 0.15) is 13.2 Å². The minimum Gasteiger partial charge on any atom is -0.486 e. The summed E-state index contributed by atoms with van der Waals surface area (Å²) in [6, 6.07) is 10.3. The van der Waals surface area contributed by atoms with Crippen molar-refractivity contribution < 1.29 is 22.7 Å². The lowest BCUT2D eigenvalue weighted by Gasteiger charge is -2.46. The lowest BCUT2D eigenvalue weighted by Crippen LogP contribution is -2.48. The number of nitrogens with one attached hydrogen (secondary N) is 1. The number of fused-ring (bicyclic) bond motifs is 3. The molecule has 0 unspecified atom stereocenters. The van der Waals surface area contributed by atoms with Gasteiger partial charge in [0.25, 0.3) is 5.91 Å². The molecule has 1 saturated carbocycles. The van der Waals surface area contributed by atoms with Gasteiger partial charge in [-0.2, -0.15) is 0 Å². The van der Waals surface area contributed by atoms with Crippen LogP contribution in [0.15, 0.2) is 41.3 Å². The Balaban J connectivity index is 1.57. The van der Waals surface area contributed by atoms with Crippen molar-refractivity contribution in [2.24, 2.45) is 0 Å². The highest BCUT2D eigenvalue weighted by atomic mass is 32.2. The van der Waals surface area contributed by atoms with Crippen LogP contribution in [0.2, 0.25) is 0 Å². The molecule has 1 spiro atoms. The van der Waals surface area contributed by atoms with Gasteiger partial charge in [0, 0.05) is 17.5 Å². The molecule has 0 radical (unpaired) electrons. The summed E-state index contributed by atoms with van der Waals surface area (Å²) in [6.45, 7) is 3.71. The Kier molecular flexibility index (Phi) is 5.17. The minimum absolute atomic E-state index is 0.0890. The van der Waals surface area contributed by atoms with Crippen LogP contribution in [0, 0.1) is 0 Å². The van der Waals surface area contributed by atoms with Gasteiger partial charge in [0.05, 0.1) is 10.9 Å². The maximum absolute atomic E-state index is 13.7. The number of nitrogens with zero attached hydrogens (tertiary/aromatic N) is 1. The van der Waals surface area contributed by atoms with Gasteiger partial charge < -0.3 is 14.4 Å². The maximum Gasteiger partial charge on any atom is 0.254 e. The van der Waals surface area contributed by atoms with Gasteiger partial charge in [0.15, 0.2) is 11.5 Å². The van der Waals surface area contributed by atoms with Crippen molar-refractivity contribution in [1.82, 2.24) is 9.62 Å². The van der Waals surface area contributed by atoms with E-state index < -0.39 is 10.0 Å². The van der Waals surface area contributed by atoms with Crippen molar-refractivity contribution in [2.75, 3.05) is 26.8 Å². The maximum atomic E-state index is 13.7. The van der Waals surface area contributed by atoms with Gasteiger partial charge in [-0.1, -0.05) is 18.9 Å². The van der Waals surface area contributed by atoms with E-state index in [1.165, 1.54) is 24.7 Å². The van der Waals surface area contributed by atoms with Gasteiger partial charge in [-0.05, 0) is 68.3 Å². The SMILES string of the molecule is CNS(=O)(=O)c1cccc(C(=O)N2CC3(CCCC3)c3cc4c(cc3[C@@H]2C)OCCO4)c1. The Hall–Kier alpha value is -2.58. The number of hydrogen-bond donors (Lipinski definition) is 1. The lowest BCUT2D eigenvalue weighted by atomic mass is 9.71. The quantitative estimate of drug-likeness (QED) is 0.765. The first-order valence-corrected chi connectivity index (χ1v) is 12.6. The molecule has 0 aromatic heterocycles. The number of hydrogen-bond acceptors (Lipinski definition) is 5. The van der Waals surface area contributed by atoms with E-state index in [4.69, 9.17) is 9.47 Å². The highest BCUT2D eigenvalue weighted by molar-refractivity contribution is 7.89. The first-order valence-electron chi connectivity index (χ1n) is 11.1. The number of benzene rings is 2. The minimum atomic E-state index is -3.63. The third kappa shape index (κ3) is 3.36. The fourth-order valence-electron chi connectivity index (χ4n) is 5.43. The molecule has 1 N–H and O–H groups in total. The molecule has 170 valence electrons. The highest BCUT2D eigenvalue weighted by Crippen LogP contribution is 2.52. The smallest absolute Gasteiger partial charge is 0.254 e. The summed E-state index contributed by atoms with van der Waals surface area (Å²) in [6.07, 6.45) is 4.29. The summed E-state index contributed by atoms with van der Waals surface area (Å²) in [5.74, 6) is 1.36. The molecule has 1 atom stereocenters. The molecule has 1 amide bonds. The summed E-state index contributed by atoms with van der Waals surface area (Å²) in [5, 5.41) is 0. The molecule has 8 heteroatoms. The van der Waals surface area contributed by atoms with Crippen LogP contribution in [0.5, 0.6) is 11.5 Å². The molecular formula is C24H28N2O5S. The molecule has 5 rings (SSSR count). The number of sulfonamides is 1. The molecule has 3 aliphatic rings. The van der Waals surface area contributed by atoms with Crippen molar-refractivity contribution in [2.45, 2.75) is 49.0 Å². The second-order valence-electron chi connectivity index (χ2n) is 8.91. The zero-order valence-electron chi connectivity index (χ0n) is 18.4. The number of carbonyl (C=O) groups is 1. The summed E-state index contributed by atoms with van der Waals surface area (Å²) in [7, 11) is -2.27. The third-order valence-electron chi connectivity index (χ3n) is 7.16. The molecule has 2 aliphatic heterocycles. The largest absolute Gasteiger partial charge is 0.486 e. The van der Waals surface area contributed by atoms with E-state index in [0.717, 1.165) is 42.7 Å². The fourth-order valence-corrected chi connectivity index (χ4v) is 6.21. The Morgan fingerprint density at radius 3 is 2.47 bits per heavy atom. The first kappa shape index (κ1) is 21.3. The molecule has 1 fully saturated rings. The summed E-state index contributed by atoms with van der Waals surface area (Å²) in [5.41, 5.74) is 2.63. The van der Waals surface area contributed by atoms with Crippen LogP contribution in [0.25, 0.3) is 0 Å². The predicted molar refractivity (Wildman–Crippen MR) is 120 cm³/mol. The van der Waals surface area contributed by atoms with E-state index >= 15 is 0 Å². The Morgan fingerprint density at radius 1 is 1.09 bits per heavy atom. The molecule has 1 aliphatic carbocycles. The van der Waals surface area contributed by atoms with Crippen molar-refractivity contribution in [3.63, 3.8) is 0 Å². The Morgan fingerprint density at radius 2 is 1.78 bits per heavy atom. The van der Waals surface area contributed by atoms with Gasteiger partial charge in [-0.25, -0.2) is 13.1 Å². The van der Waals surface area contributed by atoms with Crippen molar-refractivity contribution in [3.8, 4) is 11.5 Å². The summed E-state index contributed by atoms with van der Waals surface area (Å²) >= 11 is 0. The second kappa shape index (κ2) is 7.78.